The standard InChI is InChI=1S/C18H29N/c1-3-15-8-7-9-16(14-15)12-13-18(19-2)17-10-5-4-6-11-17/h4-6,10-11,15-16,18-19H,3,7-9,12-14H2,1-2H3. The Labute approximate surface area is 118 Å². The molecule has 0 saturated heterocycles. The van der Waals surface area contributed by atoms with Crippen molar-refractivity contribution < 1.29 is 0 Å². The van der Waals surface area contributed by atoms with Crippen LogP contribution in [0.3, 0.4) is 0 Å². The molecule has 19 heavy (non-hydrogen) atoms. The van der Waals surface area contributed by atoms with Crippen LogP contribution >= 0.6 is 0 Å². The molecule has 3 atom stereocenters. The van der Waals surface area contributed by atoms with Gasteiger partial charge in [-0.05, 0) is 43.7 Å². The fraction of sp³-hybridized carbons (Fsp3) is 0.667. The predicted molar refractivity (Wildman–Crippen MR) is 83.2 cm³/mol. The van der Waals surface area contributed by atoms with Gasteiger partial charge in [-0.2, -0.15) is 0 Å². The van der Waals surface area contributed by atoms with Crippen LogP contribution in [0.1, 0.15) is 63.5 Å². The largest absolute Gasteiger partial charge is 0.313 e. The molecule has 0 amide bonds. The summed E-state index contributed by atoms with van der Waals surface area (Å²) in [5, 5.41) is 3.48. The first-order valence-corrected chi connectivity index (χ1v) is 8.05. The first-order chi connectivity index (χ1) is 9.33. The van der Waals surface area contributed by atoms with Gasteiger partial charge in [0.25, 0.3) is 0 Å². The summed E-state index contributed by atoms with van der Waals surface area (Å²) in [6, 6.07) is 11.4. The third kappa shape index (κ3) is 4.35. The van der Waals surface area contributed by atoms with E-state index in [1.807, 2.05) is 0 Å². The van der Waals surface area contributed by atoms with Crippen molar-refractivity contribution in [3.8, 4) is 0 Å². The van der Waals surface area contributed by atoms with Crippen molar-refractivity contribution >= 4 is 0 Å². The van der Waals surface area contributed by atoms with E-state index in [1.54, 1.807) is 0 Å². The minimum absolute atomic E-state index is 0.531. The van der Waals surface area contributed by atoms with E-state index < -0.39 is 0 Å². The van der Waals surface area contributed by atoms with Crippen molar-refractivity contribution in [3.63, 3.8) is 0 Å². The van der Waals surface area contributed by atoms with Crippen molar-refractivity contribution in [2.75, 3.05) is 7.05 Å². The number of hydrogen-bond acceptors (Lipinski definition) is 1. The van der Waals surface area contributed by atoms with Gasteiger partial charge in [0.2, 0.25) is 0 Å². The third-order valence-corrected chi connectivity index (χ3v) is 4.88. The zero-order valence-electron chi connectivity index (χ0n) is 12.6. The second kappa shape index (κ2) is 7.69. The number of benzene rings is 1. The molecule has 0 heterocycles. The summed E-state index contributed by atoms with van der Waals surface area (Å²) in [6.07, 6.45) is 9.91. The molecule has 1 nitrogen and oxygen atoms in total. The molecule has 1 aliphatic carbocycles. The normalized spacial score (nSPS) is 25.2. The van der Waals surface area contributed by atoms with Crippen LogP contribution < -0.4 is 5.32 Å². The fourth-order valence-electron chi connectivity index (χ4n) is 3.60. The van der Waals surface area contributed by atoms with Crippen molar-refractivity contribution in [2.24, 2.45) is 11.8 Å². The van der Waals surface area contributed by atoms with E-state index in [0.717, 1.165) is 11.8 Å². The third-order valence-electron chi connectivity index (χ3n) is 4.88. The molecule has 1 heteroatoms. The maximum atomic E-state index is 3.48. The Morgan fingerprint density at radius 2 is 1.89 bits per heavy atom. The molecule has 1 aliphatic rings. The van der Waals surface area contributed by atoms with E-state index in [9.17, 15) is 0 Å². The van der Waals surface area contributed by atoms with Crippen LogP contribution in [0.15, 0.2) is 30.3 Å². The Balaban J connectivity index is 1.83. The summed E-state index contributed by atoms with van der Waals surface area (Å²) in [4.78, 5) is 0. The Morgan fingerprint density at radius 3 is 2.58 bits per heavy atom. The lowest BCUT2D eigenvalue weighted by Crippen LogP contribution is -2.20. The van der Waals surface area contributed by atoms with Crippen molar-refractivity contribution in [1.82, 2.24) is 5.32 Å². The lowest BCUT2D eigenvalue weighted by molar-refractivity contribution is 0.240. The Bertz CT molecular complexity index is 346. The molecule has 0 bridgehead atoms. The highest BCUT2D eigenvalue weighted by Gasteiger charge is 2.21. The summed E-state index contributed by atoms with van der Waals surface area (Å²) in [6.45, 7) is 2.35. The molecule has 1 fully saturated rings. The van der Waals surface area contributed by atoms with Gasteiger partial charge in [-0.1, -0.05) is 62.9 Å². The van der Waals surface area contributed by atoms with Gasteiger partial charge < -0.3 is 5.32 Å². The first kappa shape index (κ1) is 14.6. The van der Waals surface area contributed by atoms with E-state index >= 15 is 0 Å². The second-order valence-electron chi connectivity index (χ2n) is 6.14. The van der Waals surface area contributed by atoms with Crippen LogP contribution in [0.4, 0.5) is 0 Å². The monoisotopic (exact) mass is 259 g/mol. The van der Waals surface area contributed by atoms with Crippen molar-refractivity contribution in [1.29, 1.82) is 0 Å². The van der Waals surface area contributed by atoms with E-state index in [0.29, 0.717) is 6.04 Å². The molecule has 1 N–H and O–H groups in total. The second-order valence-corrected chi connectivity index (χ2v) is 6.14. The zero-order chi connectivity index (χ0) is 13.5. The minimum atomic E-state index is 0.531. The van der Waals surface area contributed by atoms with Crippen LogP contribution in [0.5, 0.6) is 0 Å². The average molecular weight is 259 g/mol. The summed E-state index contributed by atoms with van der Waals surface area (Å²) in [5.41, 5.74) is 1.44. The number of nitrogens with one attached hydrogen (secondary N) is 1. The highest BCUT2D eigenvalue weighted by atomic mass is 14.9. The lowest BCUT2D eigenvalue weighted by Gasteiger charge is -2.29. The lowest BCUT2D eigenvalue weighted by atomic mass is 9.77. The zero-order valence-corrected chi connectivity index (χ0v) is 12.6. The van der Waals surface area contributed by atoms with Gasteiger partial charge in [0.05, 0.1) is 0 Å². The molecular weight excluding hydrogens is 230 g/mol. The van der Waals surface area contributed by atoms with Crippen LogP contribution in [0, 0.1) is 11.8 Å². The molecule has 0 spiro atoms. The Kier molecular flexibility index (Phi) is 5.91. The minimum Gasteiger partial charge on any atom is -0.313 e. The van der Waals surface area contributed by atoms with Crippen molar-refractivity contribution in [2.45, 2.75) is 57.9 Å². The molecule has 0 radical (unpaired) electrons. The molecule has 106 valence electrons. The molecular formula is C18H29N. The maximum absolute atomic E-state index is 3.48. The first-order valence-electron chi connectivity index (χ1n) is 8.05. The maximum Gasteiger partial charge on any atom is 0.0317 e. The van der Waals surface area contributed by atoms with Gasteiger partial charge in [0.15, 0.2) is 0 Å². The number of hydrogen-bond donors (Lipinski definition) is 1. The highest BCUT2D eigenvalue weighted by Crippen LogP contribution is 2.34. The molecule has 2 rings (SSSR count). The fourth-order valence-corrected chi connectivity index (χ4v) is 3.60. The van der Waals surface area contributed by atoms with Gasteiger partial charge in [0, 0.05) is 6.04 Å². The Hall–Kier alpha value is -0.820. The SMILES string of the molecule is CCC1CCCC(CCC(NC)c2ccccc2)C1. The van der Waals surface area contributed by atoms with Crippen LogP contribution in [-0.4, -0.2) is 7.05 Å². The van der Waals surface area contributed by atoms with E-state index in [4.69, 9.17) is 0 Å². The van der Waals surface area contributed by atoms with Gasteiger partial charge in [-0.15, -0.1) is 0 Å². The Morgan fingerprint density at radius 1 is 1.16 bits per heavy atom. The summed E-state index contributed by atoms with van der Waals surface area (Å²) < 4.78 is 0. The van der Waals surface area contributed by atoms with Gasteiger partial charge in [-0.3, -0.25) is 0 Å². The summed E-state index contributed by atoms with van der Waals surface area (Å²) in [7, 11) is 2.09. The van der Waals surface area contributed by atoms with Crippen LogP contribution in [0.2, 0.25) is 0 Å². The summed E-state index contributed by atoms with van der Waals surface area (Å²) >= 11 is 0. The topological polar surface area (TPSA) is 12.0 Å². The van der Waals surface area contributed by atoms with E-state index in [-0.39, 0.29) is 0 Å². The summed E-state index contributed by atoms with van der Waals surface area (Å²) in [5.74, 6) is 1.97. The smallest absolute Gasteiger partial charge is 0.0317 e. The highest BCUT2D eigenvalue weighted by molar-refractivity contribution is 5.18. The molecule has 1 aromatic rings. The van der Waals surface area contributed by atoms with Gasteiger partial charge >= 0.3 is 0 Å². The van der Waals surface area contributed by atoms with E-state index in [2.05, 4.69) is 49.6 Å². The number of rotatable bonds is 6. The van der Waals surface area contributed by atoms with E-state index in [1.165, 1.54) is 50.5 Å². The van der Waals surface area contributed by atoms with Gasteiger partial charge in [-0.25, -0.2) is 0 Å². The quantitative estimate of drug-likeness (QED) is 0.762. The molecule has 0 aromatic heterocycles. The van der Waals surface area contributed by atoms with Crippen molar-refractivity contribution in [3.05, 3.63) is 35.9 Å². The molecule has 0 aliphatic heterocycles. The van der Waals surface area contributed by atoms with Crippen LogP contribution in [-0.2, 0) is 0 Å². The molecule has 3 unspecified atom stereocenters. The average Bonchev–Trinajstić information content (AvgIpc) is 2.49. The van der Waals surface area contributed by atoms with Crippen LogP contribution in [0.25, 0.3) is 0 Å². The van der Waals surface area contributed by atoms with Gasteiger partial charge in [0.1, 0.15) is 0 Å². The molecule has 1 aromatic carbocycles. The predicted octanol–water partition coefficient (Wildman–Crippen LogP) is 4.94. The molecule has 1 saturated carbocycles.